The topological polar surface area (TPSA) is 76.7 Å². The molecule has 0 spiro atoms. The molecule has 2 aromatic rings. The summed E-state index contributed by atoms with van der Waals surface area (Å²) >= 11 is 0. The Bertz CT molecular complexity index is 644. The Hall–Kier alpha value is -3.02. The van der Waals surface area contributed by atoms with Crippen LogP contribution in [0.1, 0.15) is 5.56 Å². The molecule has 0 fully saturated rings. The highest BCUT2D eigenvalue weighted by Crippen LogP contribution is 2.12. The Morgan fingerprint density at radius 3 is 2.41 bits per heavy atom. The predicted molar refractivity (Wildman–Crippen MR) is 80.4 cm³/mol. The van der Waals surface area contributed by atoms with Crippen LogP contribution >= 0.6 is 0 Å². The van der Waals surface area contributed by atoms with Gasteiger partial charge in [-0.3, -0.25) is 10.2 Å². The third kappa shape index (κ3) is 4.82. The smallest absolute Gasteiger partial charge is 0.431 e. The standard InChI is InChI=1S/C16H16N2O4/c1-21-14-9-5-6-12(10-14)11-15(19)17-18-16(20)22-13-7-3-2-4-8-13/h2-10H,11H2,1H3,(H,17,19)(H,18,20). The lowest BCUT2D eigenvalue weighted by Crippen LogP contribution is -2.43. The normalized spacial score (nSPS) is 9.68. The highest BCUT2D eigenvalue weighted by Gasteiger charge is 2.07. The zero-order valence-corrected chi connectivity index (χ0v) is 12.0. The zero-order valence-electron chi connectivity index (χ0n) is 12.0. The van der Waals surface area contributed by atoms with Gasteiger partial charge >= 0.3 is 6.09 Å². The highest BCUT2D eigenvalue weighted by atomic mass is 16.6. The van der Waals surface area contributed by atoms with Gasteiger partial charge in [0.05, 0.1) is 13.5 Å². The fourth-order valence-electron chi connectivity index (χ4n) is 1.75. The number of hydrogen-bond donors (Lipinski definition) is 2. The summed E-state index contributed by atoms with van der Waals surface area (Å²) in [7, 11) is 1.56. The first-order chi connectivity index (χ1) is 10.7. The fraction of sp³-hybridized carbons (Fsp3) is 0.125. The van der Waals surface area contributed by atoms with Crippen molar-refractivity contribution in [2.75, 3.05) is 7.11 Å². The summed E-state index contributed by atoms with van der Waals surface area (Å²) in [5.74, 6) is 0.696. The molecule has 6 heteroatoms. The van der Waals surface area contributed by atoms with Crippen molar-refractivity contribution >= 4 is 12.0 Å². The molecule has 2 aromatic carbocycles. The summed E-state index contributed by atoms with van der Waals surface area (Å²) in [5, 5.41) is 0. The molecule has 0 aliphatic carbocycles. The molecule has 0 aromatic heterocycles. The number of para-hydroxylation sites is 1. The van der Waals surface area contributed by atoms with E-state index in [0.717, 1.165) is 5.56 Å². The number of nitrogens with one attached hydrogen (secondary N) is 2. The Morgan fingerprint density at radius 2 is 1.68 bits per heavy atom. The number of carbonyl (C=O) groups is 2. The van der Waals surface area contributed by atoms with E-state index in [-0.39, 0.29) is 12.3 Å². The Labute approximate surface area is 128 Å². The van der Waals surface area contributed by atoms with Crippen molar-refractivity contribution in [2.45, 2.75) is 6.42 Å². The number of benzene rings is 2. The molecule has 0 aliphatic heterocycles. The molecule has 0 atom stereocenters. The quantitative estimate of drug-likeness (QED) is 0.847. The van der Waals surface area contributed by atoms with E-state index in [1.165, 1.54) is 0 Å². The predicted octanol–water partition coefficient (Wildman–Crippen LogP) is 2.06. The largest absolute Gasteiger partial charge is 0.497 e. The van der Waals surface area contributed by atoms with Gasteiger partial charge in [-0.2, -0.15) is 0 Å². The number of hydrazine groups is 1. The summed E-state index contributed by atoms with van der Waals surface area (Å²) < 4.78 is 10.0. The van der Waals surface area contributed by atoms with Crippen molar-refractivity contribution in [3.63, 3.8) is 0 Å². The van der Waals surface area contributed by atoms with Crippen molar-refractivity contribution in [3.05, 3.63) is 60.2 Å². The third-order valence-electron chi connectivity index (χ3n) is 2.76. The van der Waals surface area contributed by atoms with E-state index in [1.54, 1.807) is 61.7 Å². The van der Waals surface area contributed by atoms with Crippen LogP contribution in [0, 0.1) is 0 Å². The van der Waals surface area contributed by atoms with Gasteiger partial charge in [-0.15, -0.1) is 0 Å². The van der Waals surface area contributed by atoms with Gasteiger partial charge in [0.15, 0.2) is 0 Å². The molecule has 0 unspecified atom stereocenters. The van der Waals surface area contributed by atoms with Crippen LogP contribution < -0.4 is 20.3 Å². The maximum absolute atomic E-state index is 11.7. The van der Waals surface area contributed by atoms with Crippen LogP contribution in [0.2, 0.25) is 0 Å². The molecule has 0 radical (unpaired) electrons. The van der Waals surface area contributed by atoms with Gasteiger partial charge < -0.3 is 9.47 Å². The van der Waals surface area contributed by atoms with Gasteiger partial charge in [-0.05, 0) is 29.8 Å². The van der Waals surface area contributed by atoms with Crippen LogP contribution in [0.4, 0.5) is 4.79 Å². The van der Waals surface area contributed by atoms with Crippen molar-refractivity contribution in [1.29, 1.82) is 0 Å². The van der Waals surface area contributed by atoms with E-state index >= 15 is 0 Å². The van der Waals surface area contributed by atoms with Crippen molar-refractivity contribution in [3.8, 4) is 11.5 Å². The monoisotopic (exact) mass is 300 g/mol. The lowest BCUT2D eigenvalue weighted by Gasteiger charge is -2.08. The van der Waals surface area contributed by atoms with Gasteiger partial charge in [0.25, 0.3) is 0 Å². The molecule has 0 saturated carbocycles. The maximum Gasteiger partial charge on any atom is 0.431 e. The summed E-state index contributed by atoms with van der Waals surface area (Å²) in [6.07, 6.45) is -0.645. The van der Waals surface area contributed by atoms with E-state index in [9.17, 15) is 9.59 Å². The van der Waals surface area contributed by atoms with Gasteiger partial charge in [0.2, 0.25) is 5.91 Å². The molecule has 0 heterocycles. The number of ether oxygens (including phenoxy) is 2. The first-order valence-corrected chi connectivity index (χ1v) is 6.62. The van der Waals surface area contributed by atoms with E-state index in [2.05, 4.69) is 10.9 Å². The summed E-state index contributed by atoms with van der Waals surface area (Å²) in [5.41, 5.74) is 5.25. The summed E-state index contributed by atoms with van der Waals surface area (Å²) in [6, 6.07) is 15.7. The molecular weight excluding hydrogens is 284 g/mol. The second-order valence-electron chi connectivity index (χ2n) is 4.40. The van der Waals surface area contributed by atoms with Gasteiger partial charge in [-0.1, -0.05) is 30.3 Å². The SMILES string of the molecule is COc1cccc(CC(=O)NNC(=O)Oc2ccccc2)c1. The fourth-order valence-corrected chi connectivity index (χ4v) is 1.75. The van der Waals surface area contributed by atoms with E-state index < -0.39 is 6.09 Å². The Kier molecular flexibility index (Phi) is 5.37. The van der Waals surface area contributed by atoms with Crippen molar-refractivity contribution < 1.29 is 19.1 Å². The number of methoxy groups -OCH3 is 1. The first-order valence-electron chi connectivity index (χ1n) is 6.62. The number of hydrogen-bond acceptors (Lipinski definition) is 4. The Morgan fingerprint density at radius 1 is 0.955 bits per heavy atom. The van der Waals surface area contributed by atoms with Crippen LogP contribution in [-0.2, 0) is 11.2 Å². The van der Waals surface area contributed by atoms with Gasteiger partial charge in [0.1, 0.15) is 11.5 Å². The van der Waals surface area contributed by atoms with E-state index in [4.69, 9.17) is 9.47 Å². The molecule has 114 valence electrons. The minimum atomic E-state index is -0.759. The second-order valence-corrected chi connectivity index (χ2v) is 4.40. The van der Waals surface area contributed by atoms with E-state index in [0.29, 0.717) is 11.5 Å². The average molecular weight is 300 g/mol. The van der Waals surface area contributed by atoms with Crippen LogP contribution in [-0.4, -0.2) is 19.1 Å². The molecule has 0 saturated heterocycles. The minimum Gasteiger partial charge on any atom is -0.497 e. The minimum absolute atomic E-state index is 0.114. The zero-order chi connectivity index (χ0) is 15.8. The van der Waals surface area contributed by atoms with Crippen molar-refractivity contribution in [2.24, 2.45) is 0 Å². The third-order valence-corrected chi connectivity index (χ3v) is 2.76. The number of amides is 2. The lowest BCUT2D eigenvalue weighted by atomic mass is 10.1. The summed E-state index contributed by atoms with van der Waals surface area (Å²) in [6.45, 7) is 0. The van der Waals surface area contributed by atoms with Crippen molar-refractivity contribution in [1.82, 2.24) is 10.9 Å². The van der Waals surface area contributed by atoms with Crippen LogP contribution in [0.3, 0.4) is 0 Å². The maximum atomic E-state index is 11.7. The average Bonchev–Trinajstić information content (AvgIpc) is 2.54. The lowest BCUT2D eigenvalue weighted by molar-refractivity contribution is -0.121. The van der Waals surface area contributed by atoms with Crippen LogP contribution in [0.25, 0.3) is 0 Å². The molecular formula is C16H16N2O4. The van der Waals surface area contributed by atoms with Gasteiger partial charge in [0, 0.05) is 0 Å². The Balaban J connectivity index is 1.78. The highest BCUT2D eigenvalue weighted by molar-refractivity contribution is 5.81. The van der Waals surface area contributed by atoms with Crippen LogP contribution in [0.15, 0.2) is 54.6 Å². The molecule has 22 heavy (non-hydrogen) atoms. The molecule has 2 amide bonds. The molecule has 2 rings (SSSR count). The molecule has 0 bridgehead atoms. The van der Waals surface area contributed by atoms with E-state index in [1.807, 2.05) is 0 Å². The van der Waals surface area contributed by atoms with Crippen LogP contribution in [0.5, 0.6) is 11.5 Å². The number of carbonyl (C=O) groups excluding carboxylic acids is 2. The number of rotatable bonds is 4. The van der Waals surface area contributed by atoms with Gasteiger partial charge in [-0.25, -0.2) is 10.2 Å². The first kappa shape index (κ1) is 15.4. The molecule has 0 aliphatic rings. The molecule has 6 nitrogen and oxygen atoms in total. The second kappa shape index (κ2) is 7.68. The summed E-state index contributed by atoms with van der Waals surface area (Å²) in [4.78, 5) is 23.2. The molecule has 2 N–H and O–H groups in total.